The third-order valence-electron chi connectivity index (χ3n) is 5.92. The largest absolute Gasteiger partial charge is 0.304 e. The summed E-state index contributed by atoms with van der Waals surface area (Å²) >= 11 is 0. The van der Waals surface area contributed by atoms with E-state index in [2.05, 4.69) is 79.4 Å². The zero-order valence-electron chi connectivity index (χ0n) is 15.2. The molecule has 0 saturated carbocycles. The smallest absolute Gasteiger partial charge is 0.118 e. The fourth-order valence-corrected chi connectivity index (χ4v) is 9.97. The molecule has 2 heteroatoms. The zero-order chi connectivity index (χ0) is 16.8. The van der Waals surface area contributed by atoms with Gasteiger partial charge in [-0.1, -0.05) is 91.3 Å². The fourth-order valence-electron chi connectivity index (χ4n) is 4.60. The molecule has 1 heterocycles. The minimum atomic E-state index is -1.62. The molecule has 1 nitrogen and oxygen atoms in total. The molecular weight excluding hydrogens is 306 g/mol. The molecule has 2 aromatic carbocycles. The van der Waals surface area contributed by atoms with Crippen LogP contribution in [-0.2, 0) is 0 Å². The molecule has 0 spiro atoms. The van der Waals surface area contributed by atoms with Gasteiger partial charge in [0.25, 0.3) is 0 Å². The van der Waals surface area contributed by atoms with Crippen molar-refractivity contribution in [3.05, 3.63) is 60.7 Å². The van der Waals surface area contributed by atoms with Crippen LogP contribution in [-0.4, -0.2) is 32.6 Å². The monoisotopic (exact) mass is 337 g/mol. The predicted octanol–water partition coefficient (Wildman–Crippen LogP) is 4.00. The van der Waals surface area contributed by atoms with Crippen LogP contribution in [0.5, 0.6) is 0 Å². The van der Waals surface area contributed by atoms with E-state index in [1.165, 1.54) is 44.6 Å². The maximum Gasteiger partial charge on any atom is 0.118 e. The molecule has 128 valence electrons. The molecule has 2 aromatic rings. The van der Waals surface area contributed by atoms with Crippen molar-refractivity contribution >= 4 is 18.4 Å². The average molecular weight is 338 g/mol. The van der Waals surface area contributed by atoms with Gasteiger partial charge in [0.15, 0.2) is 0 Å². The highest BCUT2D eigenvalue weighted by molar-refractivity contribution is 7.02. The van der Waals surface area contributed by atoms with Crippen LogP contribution in [0.1, 0.15) is 26.7 Å². The van der Waals surface area contributed by atoms with Crippen LogP contribution < -0.4 is 10.4 Å². The second-order valence-electron chi connectivity index (χ2n) is 7.26. The average Bonchev–Trinajstić information content (AvgIpc) is 2.67. The lowest BCUT2D eigenvalue weighted by atomic mass is 10.0. The van der Waals surface area contributed by atoms with Crippen molar-refractivity contribution in [2.24, 2.45) is 5.92 Å². The Labute approximate surface area is 148 Å². The van der Waals surface area contributed by atoms with E-state index >= 15 is 0 Å². The molecule has 1 fully saturated rings. The van der Waals surface area contributed by atoms with Crippen LogP contribution in [0.4, 0.5) is 0 Å². The van der Waals surface area contributed by atoms with Gasteiger partial charge in [0, 0.05) is 6.54 Å². The van der Waals surface area contributed by atoms with Crippen molar-refractivity contribution in [3.8, 4) is 0 Å². The van der Waals surface area contributed by atoms with E-state index in [4.69, 9.17) is 0 Å². The van der Waals surface area contributed by atoms with Crippen molar-refractivity contribution in [1.29, 1.82) is 0 Å². The van der Waals surface area contributed by atoms with Crippen molar-refractivity contribution in [2.75, 3.05) is 19.6 Å². The first-order valence-corrected chi connectivity index (χ1v) is 12.0. The first-order valence-electron chi connectivity index (χ1n) is 9.62. The summed E-state index contributed by atoms with van der Waals surface area (Å²) in [5.74, 6) is 0.853. The lowest BCUT2D eigenvalue weighted by Crippen LogP contribution is -2.61. The zero-order valence-corrected chi connectivity index (χ0v) is 16.2. The number of hydrogen-bond donors (Lipinski definition) is 0. The molecular formula is C22H31NSi. The van der Waals surface area contributed by atoms with Crippen LogP contribution in [0.2, 0.25) is 12.1 Å². The first kappa shape index (κ1) is 17.4. The maximum absolute atomic E-state index is 2.62. The second kappa shape index (κ2) is 8.13. The number of rotatable bonds is 6. The van der Waals surface area contributed by atoms with E-state index in [9.17, 15) is 0 Å². The van der Waals surface area contributed by atoms with Gasteiger partial charge in [-0.3, -0.25) is 0 Å². The van der Waals surface area contributed by atoms with E-state index in [0.29, 0.717) is 0 Å². The molecule has 1 saturated heterocycles. The fraction of sp³-hybridized carbons (Fsp3) is 0.455. The standard InChI is InChI=1S/C22H31NSi/c1-3-23(4-2)18-20-12-11-17-24(19-20,21-13-7-5-8-14-21)22-15-9-6-10-16-22/h5-10,13-16,20H,3-4,11-12,17-19H2,1-2H3. The molecule has 1 aliphatic rings. The van der Waals surface area contributed by atoms with Gasteiger partial charge in [0.2, 0.25) is 0 Å². The molecule has 0 aromatic heterocycles. The molecule has 1 aliphatic heterocycles. The Balaban J connectivity index is 1.94. The van der Waals surface area contributed by atoms with Crippen LogP contribution in [0.25, 0.3) is 0 Å². The van der Waals surface area contributed by atoms with Gasteiger partial charge in [-0.25, -0.2) is 0 Å². The van der Waals surface area contributed by atoms with Crippen molar-refractivity contribution < 1.29 is 0 Å². The van der Waals surface area contributed by atoms with Crippen molar-refractivity contribution in [1.82, 2.24) is 4.90 Å². The van der Waals surface area contributed by atoms with Gasteiger partial charge in [-0.15, -0.1) is 0 Å². The van der Waals surface area contributed by atoms with Gasteiger partial charge in [-0.05, 0) is 37.5 Å². The number of nitrogens with zero attached hydrogens (tertiary/aromatic N) is 1. The highest BCUT2D eigenvalue weighted by Crippen LogP contribution is 2.33. The summed E-state index contributed by atoms with van der Waals surface area (Å²) in [6, 6.07) is 25.7. The third kappa shape index (κ3) is 3.65. The summed E-state index contributed by atoms with van der Waals surface area (Å²) in [7, 11) is -1.62. The van der Waals surface area contributed by atoms with E-state index in [1.54, 1.807) is 10.4 Å². The number of benzene rings is 2. The molecule has 3 rings (SSSR count). The lowest BCUT2D eigenvalue weighted by Gasteiger charge is -2.41. The predicted molar refractivity (Wildman–Crippen MR) is 108 cm³/mol. The van der Waals surface area contributed by atoms with Crippen molar-refractivity contribution in [2.45, 2.75) is 38.8 Å². The molecule has 0 radical (unpaired) electrons. The van der Waals surface area contributed by atoms with Gasteiger partial charge in [0.05, 0.1) is 0 Å². The summed E-state index contributed by atoms with van der Waals surface area (Å²) in [5, 5.41) is 3.28. The van der Waals surface area contributed by atoms with E-state index in [0.717, 1.165) is 5.92 Å². The molecule has 1 atom stereocenters. The van der Waals surface area contributed by atoms with Crippen LogP contribution in [0, 0.1) is 5.92 Å². The van der Waals surface area contributed by atoms with Gasteiger partial charge in [-0.2, -0.15) is 0 Å². The molecule has 0 bridgehead atoms. The Kier molecular flexibility index (Phi) is 5.91. The third-order valence-corrected chi connectivity index (χ3v) is 11.3. The Bertz CT molecular complexity index is 567. The summed E-state index contributed by atoms with van der Waals surface area (Å²) in [4.78, 5) is 2.62. The van der Waals surface area contributed by atoms with E-state index < -0.39 is 8.07 Å². The Hall–Kier alpha value is -1.38. The van der Waals surface area contributed by atoms with Gasteiger partial charge < -0.3 is 4.90 Å². The first-order chi connectivity index (χ1) is 11.8. The normalized spacial score (nSPS) is 20.2. The molecule has 0 aliphatic carbocycles. The van der Waals surface area contributed by atoms with Crippen LogP contribution in [0.15, 0.2) is 60.7 Å². The highest BCUT2D eigenvalue weighted by Gasteiger charge is 2.41. The lowest BCUT2D eigenvalue weighted by molar-refractivity contribution is 0.249. The summed E-state index contributed by atoms with van der Waals surface area (Å²) in [6.45, 7) is 8.23. The van der Waals surface area contributed by atoms with E-state index in [1.807, 2.05) is 0 Å². The Morgan fingerprint density at radius 2 is 1.42 bits per heavy atom. The summed E-state index contributed by atoms with van der Waals surface area (Å²) < 4.78 is 0. The Morgan fingerprint density at radius 1 is 0.875 bits per heavy atom. The minimum Gasteiger partial charge on any atom is -0.304 e. The summed E-state index contributed by atoms with van der Waals surface area (Å²) in [6.07, 6.45) is 2.80. The maximum atomic E-state index is 2.62. The SMILES string of the molecule is CCN(CC)CC1CCC[Si](c2ccccc2)(c2ccccc2)C1. The molecule has 0 N–H and O–H groups in total. The van der Waals surface area contributed by atoms with Crippen molar-refractivity contribution in [3.63, 3.8) is 0 Å². The molecule has 0 amide bonds. The minimum absolute atomic E-state index is 0.853. The summed E-state index contributed by atoms with van der Waals surface area (Å²) in [5.41, 5.74) is 0. The molecule has 1 unspecified atom stereocenters. The highest BCUT2D eigenvalue weighted by atomic mass is 28.3. The molecule has 24 heavy (non-hydrogen) atoms. The quantitative estimate of drug-likeness (QED) is 0.720. The second-order valence-corrected chi connectivity index (χ2v) is 11.5. The topological polar surface area (TPSA) is 3.24 Å². The van der Waals surface area contributed by atoms with Gasteiger partial charge >= 0.3 is 0 Å². The van der Waals surface area contributed by atoms with E-state index in [-0.39, 0.29) is 0 Å². The number of hydrogen-bond acceptors (Lipinski definition) is 1. The van der Waals surface area contributed by atoms with Crippen LogP contribution in [0.3, 0.4) is 0 Å². The van der Waals surface area contributed by atoms with Crippen LogP contribution >= 0.6 is 0 Å². The van der Waals surface area contributed by atoms with Gasteiger partial charge in [0.1, 0.15) is 8.07 Å². The Morgan fingerprint density at radius 3 is 1.92 bits per heavy atom.